The molecule has 6 nitrogen and oxygen atoms in total. The van der Waals surface area contributed by atoms with Crippen molar-refractivity contribution < 1.29 is 19.1 Å². The molecule has 0 saturated carbocycles. The zero-order chi connectivity index (χ0) is 21.7. The number of benzene rings is 2. The summed E-state index contributed by atoms with van der Waals surface area (Å²) in [6.45, 7) is -0.594. The fourth-order valence-corrected chi connectivity index (χ4v) is 3.05. The molecular formula is C21H13Cl3N2O4. The minimum atomic E-state index is -0.821. The number of nitrogens with zero attached hydrogens (tertiary/aromatic N) is 1. The zero-order valence-electron chi connectivity index (χ0n) is 15.2. The van der Waals surface area contributed by atoms with E-state index in [2.05, 4.69) is 10.3 Å². The van der Waals surface area contributed by atoms with E-state index >= 15 is 0 Å². The Morgan fingerprint density at radius 1 is 0.900 bits per heavy atom. The fourth-order valence-electron chi connectivity index (χ4n) is 2.50. The number of nitrogens with one attached hydrogen (secondary N) is 1. The van der Waals surface area contributed by atoms with Crippen molar-refractivity contribution in [2.24, 2.45) is 0 Å². The fraction of sp³-hybridized carbons (Fsp3) is 0.0476. The van der Waals surface area contributed by atoms with E-state index in [1.807, 2.05) is 0 Å². The number of hydrogen-bond acceptors (Lipinski definition) is 5. The summed E-state index contributed by atoms with van der Waals surface area (Å²) in [5.74, 6) is -1.76. The number of halogens is 3. The number of pyridine rings is 1. The monoisotopic (exact) mass is 462 g/mol. The van der Waals surface area contributed by atoms with Crippen LogP contribution in [-0.2, 0) is 9.53 Å². The first-order valence-corrected chi connectivity index (χ1v) is 9.66. The van der Waals surface area contributed by atoms with E-state index in [4.69, 9.17) is 39.5 Å². The third-order valence-corrected chi connectivity index (χ3v) is 4.64. The summed E-state index contributed by atoms with van der Waals surface area (Å²) in [6, 6.07) is 13.9. The number of carbonyl (C=O) groups is 3. The van der Waals surface area contributed by atoms with Crippen molar-refractivity contribution in [3.05, 3.63) is 92.6 Å². The van der Waals surface area contributed by atoms with Crippen LogP contribution in [-0.4, -0.2) is 29.3 Å². The van der Waals surface area contributed by atoms with Gasteiger partial charge in [-0.25, -0.2) is 9.78 Å². The normalized spacial score (nSPS) is 10.4. The Morgan fingerprint density at radius 3 is 2.23 bits per heavy atom. The lowest BCUT2D eigenvalue weighted by molar-refractivity contribution is -0.119. The number of amides is 1. The summed E-state index contributed by atoms with van der Waals surface area (Å²) in [4.78, 5) is 41.2. The second kappa shape index (κ2) is 9.71. The summed E-state index contributed by atoms with van der Waals surface area (Å²) in [6.07, 6.45) is 1.31. The molecule has 3 aromatic rings. The number of ketones is 1. The predicted molar refractivity (Wildman–Crippen MR) is 114 cm³/mol. The first kappa shape index (κ1) is 21.8. The van der Waals surface area contributed by atoms with Gasteiger partial charge >= 0.3 is 5.97 Å². The van der Waals surface area contributed by atoms with Gasteiger partial charge in [0.2, 0.25) is 0 Å². The van der Waals surface area contributed by atoms with Crippen LogP contribution in [0.2, 0.25) is 15.1 Å². The van der Waals surface area contributed by atoms with Gasteiger partial charge in [-0.2, -0.15) is 0 Å². The lowest BCUT2D eigenvalue weighted by Gasteiger charge is -2.10. The Bertz CT molecular complexity index is 1120. The molecule has 0 spiro atoms. The second-order valence-corrected chi connectivity index (χ2v) is 7.27. The van der Waals surface area contributed by atoms with Crippen molar-refractivity contribution in [1.29, 1.82) is 0 Å². The Hall–Kier alpha value is -2.93. The average Bonchev–Trinajstić information content (AvgIpc) is 2.74. The maximum Gasteiger partial charge on any atom is 0.339 e. The first-order valence-electron chi connectivity index (χ1n) is 8.52. The van der Waals surface area contributed by atoms with Crippen molar-refractivity contribution in [3.8, 4) is 0 Å². The number of rotatable bonds is 6. The SMILES string of the molecule is O=C(COC(=O)c1ccccc1C(=O)c1ccc(Cl)cc1)Nc1ncc(Cl)cc1Cl. The summed E-state index contributed by atoms with van der Waals surface area (Å²) >= 11 is 17.5. The minimum Gasteiger partial charge on any atom is -0.452 e. The van der Waals surface area contributed by atoms with Crippen LogP contribution in [0.5, 0.6) is 0 Å². The number of carbonyl (C=O) groups excluding carboxylic acids is 3. The van der Waals surface area contributed by atoms with Crippen LogP contribution in [0.15, 0.2) is 60.8 Å². The number of ether oxygens (including phenoxy) is 1. The number of anilines is 1. The molecule has 2 aromatic carbocycles. The van der Waals surface area contributed by atoms with Crippen LogP contribution in [0.3, 0.4) is 0 Å². The lowest BCUT2D eigenvalue weighted by atomic mass is 9.98. The molecular weight excluding hydrogens is 451 g/mol. The average molecular weight is 464 g/mol. The Morgan fingerprint density at radius 2 is 1.57 bits per heavy atom. The largest absolute Gasteiger partial charge is 0.452 e. The van der Waals surface area contributed by atoms with Crippen LogP contribution in [0, 0.1) is 0 Å². The Labute approximate surface area is 186 Å². The smallest absolute Gasteiger partial charge is 0.339 e. The molecule has 0 saturated heterocycles. The number of hydrogen-bond donors (Lipinski definition) is 1. The highest BCUT2D eigenvalue weighted by molar-refractivity contribution is 6.36. The van der Waals surface area contributed by atoms with Gasteiger partial charge in [-0.05, 0) is 36.4 Å². The van der Waals surface area contributed by atoms with E-state index in [-0.39, 0.29) is 27.8 Å². The van der Waals surface area contributed by atoms with Crippen LogP contribution in [0.1, 0.15) is 26.3 Å². The third-order valence-electron chi connectivity index (χ3n) is 3.90. The van der Waals surface area contributed by atoms with Gasteiger partial charge in [0, 0.05) is 22.3 Å². The Balaban J connectivity index is 1.69. The molecule has 0 aliphatic heterocycles. The van der Waals surface area contributed by atoms with Gasteiger partial charge < -0.3 is 10.1 Å². The summed E-state index contributed by atoms with van der Waals surface area (Å²) in [5, 5.41) is 3.35. The number of esters is 1. The quantitative estimate of drug-likeness (QED) is 0.407. The van der Waals surface area contributed by atoms with E-state index in [1.165, 1.54) is 24.4 Å². The second-order valence-electron chi connectivity index (χ2n) is 5.99. The molecule has 0 atom stereocenters. The lowest BCUT2D eigenvalue weighted by Crippen LogP contribution is -2.22. The highest BCUT2D eigenvalue weighted by Gasteiger charge is 2.20. The molecule has 1 N–H and O–H groups in total. The van der Waals surface area contributed by atoms with Gasteiger partial charge in [-0.15, -0.1) is 0 Å². The number of aromatic nitrogens is 1. The summed E-state index contributed by atoms with van der Waals surface area (Å²) in [5.41, 5.74) is 0.543. The molecule has 0 bridgehead atoms. The van der Waals surface area contributed by atoms with E-state index in [1.54, 1.807) is 36.4 Å². The maximum absolute atomic E-state index is 12.8. The molecule has 0 fully saturated rings. The van der Waals surface area contributed by atoms with Crippen molar-refractivity contribution >= 4 is 58.3 Å². The molecule has 9 heteroatoms. The molecule has 30 heavy (non-hydrogen) atoms. The van der Waals surface area contributed by atoms with E-state index in [0.29, 0.717) is 15.6 Å². The third kappa shape index (κ3) is 5.36. The summed E-state index contributed by atoms with van der Waals surface area (Å²) in [7, 11) is 0. The predicted octanol–water partition coefficient (Wildman–Crippen LogP) is 5.07. The van der Waals surface area contributed by atoms with Crippen molar-refractivity contribution in [2.75, 3.05) is 11.9 Å². The van der Waals surface area contributed by atoms with Crippen molar-refractivity contribution in [3.63, 3.8) is 0 Å². The topological polar surface area (TPSA) is 85.4 Å². The molecule has 1 aromatic heterocycles. The maximum atomic E-state index is 12.8. The minimum absolute atomic E-state index is 0.0351. The molecule has 3 rings (SSSR count). The van der Waals surface area contributed by atoms with Crippen LogP contribution < -0.4 is 5.32 Å². The molecule has 0 aliphatic rings. The van der Waals surface area contributed by atoms with Crippen molar-refractivity contribution in [2.45, 2.75) is 0 Å². The molecule has 0 radical (unpaired) electrons. The molecule has 0 unspecified atom stereocenters. The van der Waals surface area contributed by atoms with Gasteiger partial charge in [0.15, 0.2) is 18.2 Å². The zero-order valence-corrected chi connectivity index (χ0v) is 17.5. The van der Waals surface area contributed by atoms with E-state index in [9.17, 15) is 14.4 Å². The van der Waals surface area contributed by atoms with Gasteiger partial charge in [-0.3, -0.25) is 9.59 Å². The van der Waals surface area contributed by atoms with Crippen LogP contribution >= 0.6 is 34.8 Å². The highest BCUT2D eigenvalue weighted by Crippen LogP contribution is 2.22. The van der Waals surface area contributed by atoms with Gasteiger partial charge in [0.1, 0.15) is 0 Å². The van der Waals surface area contributed by atoms with Crippen LogP contribution in [0.25, 0.3) is 0 Å². The Kier molecular flexibility index (Phi) is 7.05. The van der Waals surface area contributed by atoms with E-state index in [0.717, 1.165) is 0 Å². The van der Waals surface area contributed by atoms with Gasteiger partial charge in [0.25, 0.3) is 5.91 Å². The molecule has 0 aliphatic carbocycles. The summed E-state index contributed by atoms with van der Waals surface area (Å²) < 4.78 is 5.05. The van der Waals surface area contributed by atoms with Crippen LogP contribution in [0.4, 0.5) is 5.82 Å². The molecule has 1 amide bonds. The molecule has 152 valence electrons. The highest BCUT2D eigenvalue weighted by atomic mass is 35.5. The standard InChI is InChI=1S/C21H13Cl3N2O4/c22-13-7-5-12(6-8-13)19(28)15-3-1-2-4-16(15)21(29)30-11-18(27)26-20-17(24)9-14(23)10-25-20/h1-10H,11H2,(H,25,26,27). The van der Waals surface area contributed by atoms with Crippen molar-refractivity contribution in [1.82, 2.24) is 4.98 Å². The van der Waals surface area contributed by atoms with E-state index < -0.39 is 18.5 Å². The van der Waals surface area contributed by atoms with Gasteiger partial charge in [-0.1, -0.05) is 53.0 Å². The van der Waals surface area contributed by atoms with Gasteiger partial charge in [0.05, 0.1) is 15.6 Å². The molecule has 1 heterocycles. The first-order chi connectivity index (χ1) is 14.3.